The molecule has 0 amide bonds. The number of hydrogen-bond acceptors (Lipinski definition) is 4. The summed E-state index contributed by atoms with van der Waals surface area (Å²) in [7, 11) is 1.54. The van der Waals surface area contributed by atoms with Crippen molar-refractivity contribution in [2.75, 3.05) is 13.7 Å². The summed E-state index contributed by atoms with van der Waals surface area (Å²) in [5.41, 5.74) is 3.00. The number of aryl methyl sites for hydroxylation is 1. The average molecular weight is 374 g/mol. The lowest BCUT2D eigenvalue weighted by atomic mass is 10.1. The Morgan fingerprint density at radius 2 is 1.54 bits per heavy atom. The molecule has 28 heavy (non-hydrogen) atoms. The summed E-state index contributed by atoms with van der Waals surface area (Å²) in [5.74, 6) is 1.01. The molecule has 0 N–H and O–H groups in total. The molecule has 142 valence electrons. The van der Waals surface area contributed by atoms with Crippen molar-refractivity contribution in [3.05, 3.63) is 89.5 Å². The number of ether oxygens (including phenoxy) is 3. The first-order chi connectivity index (χ1) is 13.7. The number of para-hydroxylation sites is 1. The summed E-state index contributed by atoms with van der Waals surface area (Å²) < 4.78 is 16.3. The van der Waals surface area contributed by atoms with Crippen LogP contribution in [0.5, 0.6) is 17.2 Å². The minimum absolute atomic E-state index is 0.177. The number of benzene rings is 3. The van der Waals surface area contributed by atoms with Gasteiger partial charge in [-0.05, 0) is 41.8 Å². The maximum Gasteiger partial charge on any atom is 0.349 e. The van der Waals surface area contributed by atoms with Crippen LogP contribution >= 0.6 is 0 Å². The molecule has 4 heteroatoms. The zero-order chi connectivity index (χ0) is 19.8. The predicted octanol–water partition coefficient (Wildman–Crippen LogP) is 5.16. The molecule has 0 unspecified atom stereocenters. The molecule has 0 saturated carbocycles. The van der Waals surface area contributed by atoms with Gasteiger partial charge in [0.25, 0.3) is 0 Å². The van der Waals surface area contributed by atoms with Crippen molar-refractivity contribution in [2.45, 2.75) is 6.92 Å². The Balaban J connectivity index is 1.64. The minimum atomic E-state index is -0.492. The normalized spacial score (nSPS) is 10.6. The third-order valence-electron chi connectivity index (χ3n) is 4.12. The third kappa shape index (κ3) is 5.24. The van der Waals surface area contributed by atoms with Gasteiger partial charge in [0.2, 0.25) is 0 Å². The van der Waals surface area contributed by atoms with Crippen LogP contribution < -0.4 is 14.2 Å². The lowest BCUT2D eigenvalue weighted by Crippen LogP contribution is -2.18. The fraction of sp³-hybridized carbons (Fsp3) is 0.125. The van der Waals surface area contributed by atoms with Gasteiger partial charge in [0.1, 0.15) is 5.75 Å². The molecule has 0 aromatic heterocycles. The fourth-order valence-electron chi connectivity index (χ4n) is 2.64. The van der Waals surface area contributed by atoms with Crippen molar-refractivity contribution < 1.29 is 19.0 Å². The SMILES string of the molecule is COc1cc(C=Cc2ccccc2)ccc1OC(=O)COc1ccccc1C. The molecule has 0 radical (unpaired) electrons. The average Bonchev–Trinajstić information content (AvgIpc) is 2.73. The second-order valence-electron chi connectivity index (χ2n) is 6.18. The second kappa shape index (κ2) is 9.42. The van der Waals surface area contributed by atoms with E-state index in [0.29, 0.717) is 17.2 Å². The van der Waals surface area contributed by atoms with Crippen LogP contribution in [0.25, 0.3) is 12.2 Å². The van der Waals surface area contributed by atoms with Gasteiger partial charge < -0.3 is 14.2 Å². The first-order valence-electron chi connectivity index (χ1n) is 8.96. The van der Waals surface area contributed by atoms with E-state index in [1.165, 1.54) is 0 Å². The summed E-state index contributed by atoms with van der Waals surface area (Å²) in [6.07, 6.45) is 3.99. The molecule has 0 saturated heterocycles. The van der Waals surface area contributed by atoms with E-state index in [1.54, 1.807) is 13.2 Å². The van der Waals surface area contributed by atoms with Crippen LogP contribution in [-0.2, 0) is 4.79 Å². The number of carbonyl (C=O) groups is 1. The van der Waals surface area contributed by atoms with Crippen molar-refractivity contribution in [3.8, 4) is 17.2 Å². The van der Waals surface area contributed by atoms with Crippen molar-refractivity contribution in [2.24, 2.45) is 0 Å². The molecule has 3 rings (SSSR count). The Bertz CT molecular complexity index is 961. The van der Waals surface area contributed by atoms with Crippen LogP contribution in [-0.4, -0.2) is 19.7 Å². The third-order valence-corrected chi connectivity index (χ3v) is 4.12. The zero-order valence-electron chi connectivity index (χ0n) is 15.9. The van der Waals surface area contributed by atoms with Crippen LogP contribution in [0.2, 0.25) is 0 Å². The van der Waals surface area contributed by atoms with Crippen LogP contribution in [0.1, 0.15) is 16.7 Å². The molecule has 0 aliphatic carbocycles. The highest BCUT2D eigenvalue weighted by atomic mass is 16.6. The van der Waals surface area contributed by atoms with Gasteiger partial charge in [-0.2, -0.15) is 0 Å². The monoisotopic (exact) mass is 374 g/mol. The second-order valence-corrected chi connectivity index (χ2v) is 6.18. The first-order valence-corrected chi connectivity index (χ1v) is 8.96. The Kier molecular flexibility index (Phi) is 6.47. The molecule has 0 atom stereocenters. The molecule has 0 heterocycles. The van der Waals surface area contributed by atoms with Gasteiger partial charge in [-0.25, -0.2) is 4.79 Å². The van der Waals surface area contributed by atoms with Crippen LogP contribution in [0, 0.1) is 6.92 Å². The quantitative estimate of drug-likeness (QED) is 0.326. The van der Waals surface area contributed by atoms with E-state index < -0.39 is 5.97 Å². The topological polar surface area (TPSA) is 44.8 Å². The van der Waals surface area contributed by atoms with Gasteiger partial charge in [-0.3, -0.25) is 0 Å². The summed E-state index contributed by atoms with van der Waals surface area (Å²) in [4.78, 5) is 12.1. The Morgan fingerprint density at radius 3 is 2.29 bits per heavy atom. The van der Waals surface area contributed by atoms with Crippen LogP contribution in [0.15, 0.2) is 72.8 Å². The number of hydrogen-bond donors (Lipinski definition) is 0. The molecule has 0 bridgehead atoms. The van der Waals surface area contributed by atoms with E-state index in [0.717, 1.165) is 16.7 Å². The zero-order valence-corrected chi connectivity index (χ0v) is 15.9. The standard InChI is InChI=1S/C24H22O4/c1-18-8-6-7-11-21(18)27-17-24(25)28-22-15-14-20(16-23(22)26-2)13-12-19-9-4-3-5-10-19/h3-16H,17H2,1-2H3. The molecule has 3 aromatic rings. The Hall–Kier alpha value is -3.53. The Labute approximate surface area is 165 Å². The van der Waals surface area contributed by atoms with Gasteiger partial charge in [0, 0.05) is 0 Å². The number of carbonyl (C=O) groups excluding carboxylic acids is 1. The largest absolute Gasteiger partial charge is 0.493 e. The number of methoxy groups -OCH3 is 1. The van der Waals surface area contributed by atoms with Gasteiger partial charge in [-0.1, -0.05) is 66.7 Å². The van der Waals surface area contributed by atoms with E-state index in [2.05, 4.69) is 0 Å². The molecule has 0 aliphatic rings. The molecule has 4 nitrogen and oxygen atoms in total. The van der Waals surface area contributed by atoms with Gasteiger partial charge >= 0.3 is 5.97 Å². The van der Waals surface area contributed by atoms with Crippen molar-refractivity contribution in [1.82, 2.24) is 0 Å². The predicted molar refractivity (Wildman–Crippen MR) is 111 cm³/mol. The number of rotatable bonds is 7. The molecular weight excluding hydrogens is 352 g/mol. The Morgan fingerprint density at radius 1 is 0.821 bits per heavy atom. The molecular formula is C24H22O4. The molecule has 0 fully saturated rings. The van der Waals surface area contributed by atoms with E-state index in [1.807, 2.05) is 85.8 Å². The minimum Gasteiger partial charge on any atom is -0.493 e. The fourth-order valence-corrected chi connectivity index (χ4v) is 2.64. The summed E-state index contributed by atoms with van der Waals surface area (Å²) in [6.45, 7) is 1.75. The van der Waals surface area contributed by atoms with Crippen LogP contribution in [0.4, 0.5) is 0 Å². The first kappa shape index (κ1) is 19.2. The van der Waals surface area contributed by atoms with Crippen LogP contribution in [0.3, 0.4) is 0 Å². The lowest BCUT2D eigenvalue weighted by Gasteiger charge is -2.11. The highest BCUT2D eigenvalue weighted by Crippen LogP contribution is 2.29. The van der Waals surface area contributed by atoms with E-state index >= 15 is 0 Å². The highest BCUT2D eigenvalue weighted by Gasteiger charge is 2.12. The maximum absolute atomic E-state index is 12.1. The maximum atomic E-state index is 12.1. The van der Waals surface area contributed by atoms with Gasteiger partial charge in [0.15, 0.2) is 18.1 Å². The van der Waals surface area contributed by atoms with E-state index in [-0.39, 0.29) is 6.61 Å². The number of esters is 1. The summed E-state index contributed by atoms with van der Waals surface area (Å²) >= 11 is 0. The molecule has 3 aromatic carbocycles. The smallest absolute Gasteiger partial charge is 0.349 e. The van der Waals surface area contributed by atoms with Crippen molar-refractivity contribution in [3.63, 3.8) is 0 Å². The van der Waals surface area contributed by atoms with Crippen molar-refractivity contribution >= 4 is 18.1 Å². The molecule has 0 spiro atoms. The highest BCUT2D eigenvalue weighted by molar-refractivity contribution is 5.76. The lowest BCUT2D eigenvalue weighted by molar-refractivity contribution is -0.136. The van der Waals surface area contributed by atoms with Gasteiger partial charge in [-0.15, -0.1) is 0 Å². The van der Waals surface area contributed by atoms with Crippen molar-refractivity contribution in [1.29, 1.82) is 0 Å². The molecule has 0 aliphatic heterocycles. The van der Waals surface area contributed by atoms with E-state index in [4.69, 9.17) is 14.2 Å². The summed E-state index contributed by atoms with van der Waals surface area (Å²) in [6, 6.07) is 22.9. The van der Waals surface area contributed by atoms with Gasteiger partial charge in [0.05, 0.1) is 7.11 Å². The summed E-state index contributed by atoms with van der Waals surface area (Å²) in [5, 5.41) is 0. The van der Waals surface area contributed by atoms with E-state index in [9.17, 15) is 4.79 Å².